The summed E-state index contributed by atoms with van der Waals surface area (Å²) < 4.78 is 0. The summed E-state index contributed by atoms with van der Waals surface area (Å²) in [6, 6.07) is 7.20. The van der Waals surface area contributed by atoms with E-state index in [2.05, 4.69) is 0 Å². The number of nitrogens with two attached hydrogens (primary N) is 1. The van der Waals surface area contributed by atoms with Crippen molar-refractivity contribution in [1.29, 1.82) is 0 Å². The van der Waals surface area contributed by atoms with Gasteiger partial charge in [0.2, 0.25) is 5.91 Å². The SMILES string of the molecule is CC[C@H](C(N)=O)c1ccc(Cl)cc1. The maximum Gasteiger partial charge on any atom is 0.224 e. The molecular weight excluding hydrogens is 186 g/mol. The van der Waals surface area contributed by atoms with E-state index in [0.717, 1.165) is 12.0 Å². The molecule has 0 aliphatic rings. The van der Waals surface area contributed by atoms with Crippen LogP contribution in [0.5, 0.6) is 0 Å². The molecule has 0 unspecified atom stereocenters. The largest absolute Gasteiger partial charge is 0.369 e. The molecule has 1 aromatic rings. The molecule has 0 fully saturated rings. The minimum Gasteiger partial charge on any atom is -0.369 e. The summed E-state index contributed by atoms with van der Waals surface area (Å²) >= 11 is 5.72. The summed E-state index contributed by atoms with van der Waals surface area (Å²) in [6.07, 6.45) is 0.719. The molecular formula is C10H12ClNO. The van der Waals surface area contributed by atoms with E-state index in [0.29, 0.717) is 5.02 Å². The first-order chi connectivity index (χ1) is 6.15. The van der Waals surface area contributed by atoms with Crippen LogP contribution in [0.2, 0.25) is 5.02 Å². The van der Waals surface area contributed by atoms with Crippen LogP contribution in [0.15, 0.2) is 24.3 Å². The van der Waals surface area contributed by atoms with Crippen molar-refractivity contribution in [2.24, 2.45) is 5.73 Å². The Morgan fingerprint density at radius 2 is 2.00 bits per heavy atom. The Morgan fingerprint density at radius 1 is 1.46 bits per heavy atom. The summed E-state index contributed by atoms with van der Waals surface area (Å²) in [5, 5.41) is 0.670. The molecule has 1 amide bonds. The predicted octanol–water partition coefficient (Wildman–Crippen LogP) is 2.32. The number of hydrogen-bond donors (Lipinski definition) is 1. The van der Waals surface area contributed by atoms with Gasteiger partial charge in [0.25, 0.3) is 0 Å². The number of carbonyl (C=O) groups is 1. The first kappa shape index (κ1) is 10.1. The van der Waals surface area contributed by atoms with Crippen molar-refractivity contribution in [2.75, 3.05) is 0 Å². The molecule has 70 valence electrons. The van der Waals surface area contributed by atoms with Crippen molar-refractivity contribution < 1.29 is 4.79 Å². The molecule has 3 heteroatoms. The van der Waals surface area contributed by atoms with E-state index < -0.39 is 0 Å². The van der Waals surface area contributed by atoms with Crippen LogP contribution in [0.25, 0.3) is 0 Å². The smallest absolute Gasteiger partial charge is 0.224 e. The van der Waals surface area contributed by atoms with Crippen LogP contribution in [-0.4, -0.2) is 5.91 Å². The van der Waals surface area contributed by atoms with Gasteiger partial charge in [-0.05, 0) is 24.1 Å². The molecule has 0 heterocycles. The molecule has 0 saturated carbocycles. The van der Waals surface area contributed by atoms with Crippen LogP contribution >= 0.6 is 11.6 Å². The second-order valence-corrected chi connectivity index (χ2v) is 3.35. The standard InChI is InChI=1S/C10H12ClNO/c1-2-9(10(12)13)7-3-5-8(11)6-4-7/h3-6,9H,2H2,1H3,(H2,12,13)/t9-/m0/s1. The van der Waals surface area contributed by atoms with Gasteiger partial charge in [0.15, 0.2) is 0 Å². The lowest BCUT2D eigenvalue weighted by Gasteiger charge is -2.10. The molecule has 0 aliphatic heterocycles. The Hall–Kier alpha value is -1.02. The van der Waals surface area contributed by atoms with E-state index in [1.807, 2.05) is 19.1 Å². The van der Waals surface area contributed by atoms with Crippen LogP contribution in [0.1, 0.15) is 24.8 Å². The third-order valence-electron chi connectivity index (χ3n) is 2.02. The van der Waals surface area contributed by atoms with E-state index in [4.69, 9.17) is 17.3 Å². The summed E-state index contributed by atoms with van der Waals surface area (Å²) in [7, 11) is 0. The lowest BCUT2D eigenvalue weighted by atomic mass is 9.96. The highest BCUT2D eigenvalue weighted by Gasteiger charge is 2.14. The van der Waals surface area contributed by atoms with E-state index >= 15 is 0 Å². The van der Waals surface area contributed by atoms with Crippen LogP contribution in [0, 0.1) is 0 Å². The van der Waals surface area contributed by atoms with Crippen LogP contribution < -0.4 is 5.73 Å². The zero-order valence-corrected chi connectivity index (χ0v) is 8.21. The van der Waals surface area contributed by atoms with E-state index in [1.165, 1.54) is 0 Å². The molecule has 13 heavy (non-hydrogen) atoms. The molecule has 2 nitrogen and oxygen atoms in total. The number of primary amides is 1. The predicted molar refractivity (Wildman–Crippen MR) is 53.7 cm³/mol. The number of amides is 1. The van der Waals surface area contributed by atoms with E-state index in [1.54, 1.807) is 12.1 Å². The first-order valence-electron chi connectivity index (χ1n) is 4.20. The minimum absolute atomic E-state index is 0.197. The average Bonchev–Trinajstić information content (AvgIpc) is 2.09. The van der Waals surface area contributed by atoms with Gasteiger partial charge in [-0.3, -0.25) is 4.79 Å². The van der Waals surface area contributed by atoms with Crippen LogP contribution in [0.3, 0.4) is 0 Å². The summed E-state index contributed by atoms with van der Waals surface area (Å²) in [4.78, 5) is 11.0. The van der Waals surface area contributed by atoms with Gasteiger partial charge in [-0.15, -0.1) is 0 Å². The average molecular weight is 198 g/mol. The maximum atomic E-state index is 11.0. The van der Waals surface area contributed by atoms with E-state index in [-0.39, 0.29) is 11.8 Å². The van der Waals surface area contributed by atoms with Crippen molar-refractivity contribution in [3.63, 3.8) is 0 Å². The fourth-order valence-electron chi connectivity index (χ4n) is 1.30. The van der Waals surface area contributed by atoms with Gasteiger partial charge in [0, 0.05) is 5.02 Å². The third kappa shape index (κ3) is 2.46. The molecule has 0 bridgehead atoms. The molecule has 1 aromatic carbocycles. The maximum absolute atomic E-state index is 11.0. The summed E-state index contributed by atoms with van der Waals surface area (Å²) in [5.41, 5.74) is 6.18. The summed E-state index contributed by atoms with van der Waals surface area (Å²) in [5.74, 6) is -0.484. The molecule has 0 aliphatic carbocycles. The Morgan fingerprint density at radius 3 is 2.38 bits per heavy atom. The molecule has 0 saturated heterocycles. The molecule has 0 radical (unpaired) electrons. The van der Waals surface area contributed by atoms with Crippen LogP contribution in [0.4, 0.5) is 0 Å². The Labute approximate surface area is 82.7 Å². The van der Waals surface area contributed by atoms with E-state index in [9.17, 15) is 4.79 Å². The number of carbonyl (C=O) groups excluding carboxylic acids is 1. The molecule has 2 N–H and O–H groups in total. The topological polar surface area (TPSA) is 43.1 Å². The first-order valence-corrected chi connectivity index (χ1v) is 4.57. The number of hydrogen-bond acceptors (Lipinski definition) is 1. The van der Waals surface area contributed by atoms with Gasteiger partial charge in [-0.1, -0.05) is 30.7 Å². The lowest BCUT2D eigenvalue weighted by molar-refractivity contribution is -0.119. The molecule has 1 rings (SSSR count). The molecule has 1 atom stereocenters. The Bertz CT molecular complexity index is 294. The summed E-state index contributed by atoms with van der Waals surface area (Å²) in [6.45, 7) is 1.93. The van der Waals surface area contributed by atoms with Gasteiger partial charge < -0.3 is 5.73 Å². The zero-order valence-electron chi connectivity index (χ0n) is 7.46. The lowest BCUT2D eigenvalue weighted by Crippen LogP contribution is -2.20. The van der Waals surface area contributed by atoms with Crippen molar-refractivity contribution in [3.05, 3.63) is 34.9 Å². The minimum atomic E-state index is -0.287. The second-order valence-electron chi connectivity index (χ2n) is 2.91. The van der Waals surface area contributed by atoms with Crippen molar-refractivity contribution in [3.8, 4) is 0 Å². The van der Waals surface area contributed by atoms with Crippen molar-refractivity contribution in [1.82, 2.24) is 0 Å². The molecule has 0 aromatic heterocycles. The third-order valence-corrected chi connectivity index (χ3v) is 2.28. The highest BCUT2D eigenvalue weighted by atomic mass is 35.5. The van der Waals surface area contributed by atoms with Gasteiger partial charge >= 0.3 is 0 Å². The Kier molecular flexibility index (Phi) is 3.32. The van der Waals surface area contributed by atoms with Gasteiger partial charge in [0.05, 0.1) is 5.92 Å². The van der Waals surface area contributed by atoms with Gasteiger partial charge in [0.1, 0.15) is 0 Å². The fraction of sp³-hybridized carbons (Fsp3) is 0.300. The fourth-order valence-corrected chi connectivity index (χ4v) is 1.42. The van der Waals surface area contributed by atoms with Gasteiger partial charge in [-0.25, -0.2) is 0 Å². The Balaban J connectivity index is 2.92. The number of halogens is 1. The highest BCUT2D eigenvalue weighted by molar-refractivity contribution is 6.30. The number of rotatable bonds is 3. The quantitative estimate of drug-likeness (QED) is 0.794. The van der Waals surface area contributed by atoms with Crippen molar-refractivity contribution in [2.45, 2.75) is 19.3 Å². The monoisotopic (exact) mass is 197 g/mol. The van der Waals surface area contributed by atoms with Crippen molar-refractivity contribution >= 4 is 17.5 Å². The highest BCUT2D eigenvalue weighted by Crippen LogP contribution is 2.20. The second kappa shape index (κ2) is 4.28. The number of benzene rings is 1. The van der Waals surface area contributed by atoms with Gasteiger partial charge in [-0.2, -0.15) is 0 Å². The van der Waals surface area contributed by atoms with Crippen LogP contribution in [-0.2, 0) is 4.79 Å². The normalized spacial score (nSPS) is 12.5. The molecule has 0 spiro atoms. The zero-order chi connectivity index (χ0) is 9.84.